The van der Waals surface area contributed by atoms with Crippen LogP contribution in [-0.4, -0.2) is 43.2 Å². The highest BCUT2D eigenvalue weighted by molar-refractivity contribution is 5.76. The van der Waals surface area contributed by atoms with Gasteiger partial charge in [-0.15, -0.1) is 0 Å². The van der Waals surface area contributed by atoms with Crippen molar-refractivity contribution in [2.75, 3.05) is 26.2 Å². The van der Waals surface area contributed by atoms with Gasteiger partial charge >= 0.3 is 0 Å². The van der Waals surface area contributed by atoms with Gasteiger partial charge in [-0.05, 0) is 32.2 Å². The number of piperidine rings is 1. The van der Waals surface area contributed by atoms with Crippen LogP contribution in [0, 0.1) is 5.92 Å². The van der Waals surface area contributed by atoms with Crippen LogP contribution in [0.15, 0.2) is 0 Å². The maximum absolute atomic E-state index is 12.1. The Morgan fingerprint density at radius 1 is 1.53 bits per heavy atom. The van der Waals surface area contributed by atoms with E-state index in [0.29, 0.717) is 18.9 Å². The molecular weight excluding hydrogens is 216 g/mol. The van der Waals surface area contributed by atoms with Crippen molar-refractivity contribution >= 4 is 5.91 Å². The first-order valence-electron chi connectivity index (χ1n) is 6.80. The van der Waals surface area contributed by atoms with Crippen LogP contribution < -0.4 is 5.73 Å². The Labute approximate surface area is 104 Å². The topological polar surface area (TPSA) is 55.6 Å². The smallest absolute Gasteiger partial charge is 0.222 e. The first-order valence-corrected chi connectivity index (χ1v) is 6.80. The van der Waals surface area contributed by atoms with Gasteiger partial charge in [0.25, 0.3) is 0 Å². The molecule has 2 atom stereocenters. The van der Waals surface area contributed by atoms with Crippen LogP contribution in [0.2, 0.25) is 0 Å². The number of nitrogens with two attached hydrogens (primary N) is 1. The van der Waals surface area contributed by atoms with Gasteiger partial charge in [-0.3, -0.25) is 4.79 Å². The summed E-state index contributed by atoms with van der Waals surface area (Å²) >= 11 is 0. The molecule has 1 rings (SSSR count). The van der Waals surface area contributed by atoms with Crippen LogP contribution in [-0.2, 0) is 9.53 Å². The molecule has 2 N–H and O–H groups in total. The van der Waals surface area contributed by atoms with Gasteiger partial charge in [0.1, 0.15) is 0 Å². The van der Waals surface area contributed by atoms with Crippen molar-refractivity contribution in [1.29, 1.82) is 0 Å². The summed E-state index contributed by atoms with van der Waals surface area (Å²) in [5.74, 6) is 0.571. The molecule has 1 fully saturated rings. The second kappa shape index (κ2) is 7.67. The predicted molar refractivity (Wildman–Crippen MR) is 68.7 cm³/mol. The molecule has 0 bridgehead atoms. The number of nitrogens with zero attached hydrogens (tertiary/aromatic N) is 1. The molecule has 0 aromatic rings. The third-order valence-corrected chi connectivity index (χ3v) is 3.51. The highest BCUT2D eigenvalue weighted by Gasteiger charge is 2.24. The Morgan fingerprint density at radius 2 is 2.29 bits per heavy atom. The summed E-state index contributed by atoms with van der Waals surface area (Å²) in [7, 11) is 0. The number of carbonyl (C=O) groups excluding carboxylic acids is 1. The monoisotopic (exact) mass is 242 g/mol. The molecule has 0 spiro atoms. The van der Waals surface area contributed by atoms with Crippen LogP contribution in [0.4, 0.5) is 0 Å². The highest BCUT2D eigenvalue weighted by Crippen LogP contribution is 2.16. The Hall–Kier alpha value is -0.610. The van der Waals surface area contributed by atoms with Gasteiger partial charge in [-0.2, -0.15) is 0 Å². The molecule has 1 amide bonds. The van der Waals surface area contributed by atoms with Gasteiger partial charge in [-0.1, -0.05) is 13.3 Å². The molecule has 0 saturated carbocycles. The van der Waals surface area contributed by atoms with Crippen molar-refractivity contribution in [2.45, 2.75) is 45.6 Å². The van der Waals surface area contributed by atoms with Gasteiger partial charge in [0, 0.05) is 26.1 Å². The molecule has 100 valence electrons. The molecule has 17 heavy (non-hydrogen) atoms. The average molecular weight is 242 g/mol. The number of ether oxygens (including phenoxy) is 1. The molecule has 0 aromatic heterocycles. The lowest BCUT2D eigenvalue weighted by Gasteiger charge is -2.33. The summed E-state index contributed by atoms with van der Waals surface area (Å²) in [6, 6.07) is 0. The molecule has 0 aliphatic carbocycles. The van der Waals surface area contributed by atoms with Gasteiger partial charge in [0.05, 0.1) is 6.10 Å². The SMILES string of the molecule is CCOC1CCCN(C(=O)CC(CC)CN)C1. The van der Waals surface area contributed by atoms with E-state index in [1.54, 1.807) is 0 Å². The molecule has 0 aromatic carbocycles. The zero-order valence-electron chi connectivity index (χ0n) is 11.2. The third-order valence-electron chi connectivity index (χ3n) is 3.51. The fourth-order valence-corrected chi connectivity index (χ4v) is 2.31. The summed E-state index contributed by atoms with van der Waals surface area (Å²) in [5, 5.41) is 0. The fraction of sp³-hybridized carbons (Fsp3) is 0.923. The minimum atomic E-state index is 0.232. The van der Waals surface area contributed by atoms with Gasteiger partial charge in [0.2, 0.25) is 5.91 Å². The predicted octanol–water partition coefficient (Wildman–Crippen LogP) is 1.39. The van der Waals surface area contributed by atoms with E-state index in [9.17, 15) is 4.79 Å². The highest BCUT2D eigenvalue weighted by atomic mass is 16.5. The molecule has 4 heteroatoms. The zero-order chi connectivity index (χ0) is 12.7. The standard InChI is InChI=1S/C13H26N2O2/c1-3-11(9-14)8-13(16)15-7-5-6-12(10-15)17-4-2/h11-12H,3-10,14H2,1-2H3. The maximum atomic E-state index is 12.1. The van der Waals surface area contributed by atoms with Crippen LogP contribution >= 0.6 is 0 Å². The molecule has 4 nitrogen and oxygen atoms in total. The number of hydrogen-bond acceptors (Lipinski definition) is 3. The molecule has 1 saturated heterocycles. The lowest BCUT2D eigenvalue weighted by molar-refractivity contribution is -0.136. The quantitative estimate of drug-likeness (QED) is 0.765. The van der Waals surface area contributed by atoms with Crippen molar-refractivity contribution in [1.82, 2.24) is 4.90 Å². The first-order chi connectivity index (χ1) is 8.21. The molecule has 2 unspecified atom stereocenters. The van der Waals surface area contributed by atoms with Crippen molar-refractivity contribution in [3.05, 3.63) is 0 Å². The Bertz CT molecular complexity index is 227. The van der Waals surface area contributed by atoms with Crippen LogP contribution in [0.1, 0.15) is 39.5 Å². The number of carbonyl (C=O) groups is 1. The summed E-state index contributed by atoms with van der Waals surface area (Å²) in [5.41, 5.74) is 5.64. The van der Waals surface area contributed by atoms with Gasteiger partial charge in [-0.25, -0.2) is 0 Å². The van der Waals surface area contributed by atoms with Crippen molar-refractivity contribution in [3.63, 3.8) is 0 Å². The normalized spacial score (nSPS) is 22.5. The molecule has 0 radical (unpaired) electrons. The first kappa shape index (κ1) is 14.5. The van der Waals surface area contributed by atoms with E-state index < -0.39 is 0 Å². The number of hydrogen-bond donors (Lipinski definition) is 1. The van der Waals surface area contributed by atoms with Crippen molar-refractivity contribution < 1.29 is 9.53 Å². The van der Waals surface area contributed by atoms with E-state index in [1.165, 1.54) is 0 Å². The van der Waals surface area contributed by atoms with E-state index >= 15 is 0 Å². The lowest BCUT2D eigenvalue weighted by Crippen LogP contribution is -2.44. The van der Waals surface area contributed by atoms with Crippen LogP contribution in [0.25, 0.3) is 0 Å². The Kier molecular flexibility index (Phi) is 6.52. The largest absolute Gasteiger partial charge is 0.377 e. The summed E-state index contributed by atoms with van der Waals surface area (Å²) < 4.78 is 5.60. The second-order valence-corrected chi connectivity index (χ2v) is 4.77. The molecular formula is C13H26N2O2. The van der Waals surface area contributed by atoms with E-state index in [-0.39, 0.29) is 12.0 Å². The van der Waals surface area contributed by atoms with Crippen LogP contribution in [0.5, 0.6) is 0 Å². The Balaban J connectivity index is 2.40. The minimum absolute atomic E-state index is 0.232. The van der Waals surface area contributed by atoms with E-state index in [4.69, 9.17) is 10.5 Å². The summed E-state index contributed by atoms with van der Waals surface area (Å²) in [6.45, 7) is 7.06. The average Bonchev–Trinajstić information content (AvgIpc) is 2.36. The molecule has 1 aliphatic heterocycles. The van der Waals surface area contributed by atoms with Crippen molar-refractivity contribution in [2.24, 2.45) is 11.7 Å². The van der Waals surface area contributed by atoms with E-state index in [1.807, 2.05) is 11.8 Å². The van der Waals surface area contributed by atoms with E-state index in [0.717, 1.165) is 39.0 Å². The number of likely N-dealkylation sites (tertiary alicyclic amines) is 1. The third kappa shape index (κ3) is 4.64. The minimum Gasteiger partial charge on any atom is -0.377 e. The maximum Gasteiger partial charge on any atom is 0.222 e. The zero-order valence-corrected chi connectivity index (χ0v) is 11.2. The van der Waals surface area contributed by atoms with E-state index in [2.05, 4.69) is 6.92 Å². The van der Waals surface area contributed by atoms with Crippen molar-refractivity contribution in [3.8, 4) is 0 Å². The fourth-order valence-electron chi connectivity index (χ4n) is 2.31. The molecule has 1 aliphatic rings. The summed E-state index contributed by atoms with van der Waals surface area (Å²) in [4.78, 5) is 14.0. The summed E-state index contributed by atoms with van der Waals surface area (Å²) in [6.07, 6.45) is 3.92. The number of amides is 1. The second-order valence-electron chi connectivity index (χ2n) is 4.77. The lowest BCUT2D eigenvalue weighted by atomic mass is 10.0. The Morgan fingerprint density at radius 3 is 2.88 bits per heavy atom. The number of rotatable bonds is 6. The van der Waals surface area contributed by atoms with Gasteiger partial charge < -0.3 is 15.4 Å². The van der Waals surface area contributed by atoms with Gasteiger partial charge in [0.15, 0.2) is 0 Å². The molecule has 1 heterocycles. The van der Waals surface area contributed by atoms with Crippen LogP contribution in [0.3, 0.4) is 0 Å².